The van der Waals surface area contributed by atoms with Crippen molar-refractivity contribution in [3.05, 3.63) is 59.1 Å². The molecule has 0 bridgehead atoms. The van der Waals surface area contributed by atoms with Crippen molar-refractivity contribution >= 4 is 5.78 Å². The molecule has 0 radical (unpaired) electrons. The fourth-order valence-corrected chi connectivity index (χ4v) is 2.67. The molecule has 26 heavy (non-hydrogen) atoms. The SMILES string of the molecule is CO/C(C(=O)C(C)C)=C(\OC)C(O)CC/C=C(\C)CCc1ccccc1. The Hall–Kier alpha value is -2.07. The highest BCUT2D eigenvalue weighted by atomic mass is 16.5. The molecule has 0 saturated heterocycles. The Morgan fingerprint density at radius 1 is 1.15 bits per heavy atom. The molecule has 0 saturated carbocycles. The minimum Gasteiger partial charge on any atom is -0.494 e. The Morgan fingerprint density at radius 3 is 2.35 bits per heavy atom. The molecule has 1 N–H and O–H groups in total. The molecule has 0 aromatic heterocycles. The summed E-state index contributed by atoms with van der Waals surface area (Å²) in [6, 6.07) is 10.4. The van der Waals surface area contributed by atoms with E-state index in [2.05, 4.69) is 37.3 Å². The van der Waals surface area contributed by atoms with Crippen LogP contribution in [0, 0.1) is 5.92 Å². The van der Waals surface area contributed by atoms with Crippen molar-refractivity contribution in [3.63, 3.8) is 0 Å². The van der Waals surface area contributed by atoms with E-state index < -0.39 is 6.10 Å². The molecule has 0 spiro atoms. The number of aryl methyl sites for hydroxylation is 1. The number of aliphatic hydroxyl groups is 1. The van der Waals surface area contributed by atoms with E-state index in [1.165, 1.54) is 25.4 Å². The number of allylic oxidation sites excluding steroid dienone is 3. The summed E-state index contributed by atoms with van der Waals surface area (Å²) in [6.07, 6.45) is 4.45. The lowest BCUT2D eigenvalue weighted by atomic mass is 10.0. The number of hydrogen-bond acceptors (Lipinski definition) is 4. The van der Waals surface area contributed by atoms with E-state index in [-0.39, 0.29) is 23.2 Å². The zero-order valence-corrected chi connectivity index (χ0v) is 16.6. The van der Waals surface area contributed by atoms with Crippen molar-refractivity contribution in [2.24, 2.45) is 5.92 Å². The van der Waals surface area contributed by atoms with Crippen LogP contribution in [0.1, 0.15) is 45.6 Å². The van der Waals surface area contributed by atoms with Crippen molar-refractivity contribution in [1.82, 2.24) is 0 Å². The Kier molecular flexibility index (Phi) is 9.74. The lowest BCUT2D eigenvalue weighted by Gasteiger charge is -2.18. The first-order valence-electron chi connectivity index (χ1n) is 9.14. The van der Waals surface area contributed by atoms with Crippen molar-refractivity contribution in [3.8, 4) is 0 Å². The molecule has 4 nitrogen and oxygen atoms in total. The molecule has 1 rings (SSSR count). The number of Topliss-reactive ketones (excluding diaryl/α,β-unsaturated/α-hetero) is 1. The molecule has 1 unspecified atom stereocenters. The quantitative estimate of drug-likeness (QED) is 0.360. The van der Waals surface area contributed by atoms with E-state index in [1.807, 2.05) is 6.07 Å². The fourth-order valence-electron chi connectivity index (χ4n) is 2.67. The molecule has 0 aliphatic rings. The first kappa shape index (κ1) is 22.0. The van der Waals surface area contributed by atoms with E-state index in [9.17, 15) is 9.90 Å². The smallest absolute Gasteiger partial charge is 0.203 e. The van der Waals surface area contributed by atoms with Crippen molar-refractivity contribution in [2.75, 3.05) is 14.2 Å². The van der Waals surface area contributed by atoms with Crippen LogP contribution < -0.4 is 0 Å². The van der Waals surface area contributed by atoms with Gasteiger partial charge in [0.15, 0.2) is 5.76 Å². The zero-order chi connectivity index (χ0) is 19.5. The standard InChI is InChI=1S/C22H32O4/c1-16(2)20(24)22(26-5)21(25-4)19(23)13-9-10-17(3)14-15-18-11-7-6-8-12-18/h6-8,10-12,16,19,23H,9,13-15H2,1-5H3/b17-10+,22-21-. The minimum atomic E-state index is -0.865. The number of methoxy groups -OCH3 is 2. The highest BCUT2D eigenvalue weighted by molar-refractivity contribution is 5.95. The van der Waals surface area contributed by atoms with Gasteiger partial charge in [0.05, 0.1) is 14.2 Å². The number of ether oxygens (including phenoxy) is 2. The molecule has 4 heteroatoms. The zero-order valence-electron chi connectivity index (χ0n) is 16.6. The van der Waals surface area contributed by atoms with Gasteiger partial charge in [-0.2, -0.15) is 0 Å². The number of carbonyl (C=O) groups is 1. The lowest BCUT2D eigenvalue weighted by Crippen LogP contribution is -2.21. The van der Waals surface area contributed by atoms with E-state index in [0.29, 0.717) is 12.8 Å². The average Bonchev–Trinajstić information content (AvgIpc) is 2.64. The van der Waals surface area contributed by atoms with Crippen molar-refractivity contribution in [1.29, 1.82) is 0 Å². The highest BCUT2D eigenvalue weighted by Gasteiger charge is 2.24. The minimum absolute atomic E-state index is 0.111. The van der Waals surface area contributed by atoms with Gasteiger partial charge in [0.2, 0.25) is 11.5 Å². The van der Waals surface area contributed by atoms with Crippen LogP contribution in [0.15, 0.2) is 53.5 Å². The van der Waals surface area contributed by atoms with Gasteiger partial charge in [-0.1, -0.05) is 55.8 Å². The molecule has 144 valence electrons. The second-order valence-electron chi connectivity index (χ2n) is 6.75. The summed E-state index contributed by atoms with van der Waals surface area (Å²) in [4.78, 5) is 12.2. The topological polar surface area (TPSA) is 55.8 Å². The van der Waals surface area contributed by atoms with Crippen LogP contribution in [0.5, 0.6) is 0 Å². The largest absolute Gasteiger partial charge is 0.494 e. The first-order valence-corrected chi connectivity index (χ1v) is 9.14. The number of aliphatic hydroxyl groups excluding tert-OH is 1. The van der Waals surface area contributed by atoms with Crippen LogP contribution >= 0.6 is 0 Å². The third-order valence-electron chi connectivity index (χ3n) is 4.28. The average molecular weight is 360 g/mol. The van der Waals surface area contributed by atoms with Crippen molar-refractivity contribution < 1.29 is 19.4 Å². The fraction of sp³-hybridized carbons (Fsp3) is 0.500. The number of carbonyl (C=O) groups excluding carboxylic acids is 1. The third-order valence-corrected chi connectivity index (χ3v) is 4.28. The van der Waals surface area contributed by atoms with Gasteiger partial charge in [-0.05, 0) is 38.2 Å². The molecule has 1 aromatic rings. The molecule has 1 aromatic carbocycles. The maximum atomic E-state index is 12.2. The predicted molar refractivity (Wildman–Crippen MR) is 105 cm³/mol. The molecule has 0 fully saturated rings. The molecule has 0 heterocycles. The van der Waals surface area contributed by atoms with Gasteiger partial charge in [0.1, 0.15) is 6.10 Å². The second-order valence-corrected chi connectivity index (χ2v) is 6.75. The summed E-state index contributed by atoms with van der Waals surface area (Å²) in [7, 11) is 2.88. The lowest BCUT2D eigenvalue weighted by molar-refractivity contribution is -0.121. The van der Waals surface area contributed by atoms with Crippen LogP contribution in [-0.4, -0.2) is 31.2 Å². The Bertz CT molecular complexity index is 614. The molecule has 0 aliphatic heterocycles. The van der Waals surface area contributed by atoms with Crippen LogP contribution in [0.25, 0.3) is 0 Å². The van der Waals surface area contributed by atoms with Crippen molar-refractivity contribution in [2.45, 2.75) is 52.6 Å². The van der Waals surface area contributed by atoms with E-state index in [1.54, 1.807) is 13.8 Å². The van der Waals surface area contributed by atoms with Gasteiger partial charge in [0, 0.05) is 5.92 Å². The van der Waals surface area contributed by atoms with Gasteiger partial charge in [-0.3, -0.25) is 4.79 Å². The summed E-state index contributed by atoms with van der Waals surface area (Å²) in [5.74, 6) is -0.0678. The van der Waals surface area contributed by atoms with Crippen LogP contribution in [0.2, 0.25) is 0 Å². The number of hydrogen-bond donors (Lipinski definition) is 1. The van der Waals surface area contributed by atoms with Gasteiger partial charge in [-0.25, -0.2) is 0 Å². The maximum Gasteiger partial charge on any atom is 0.203 e. The second kappa shape index (κ2) is 11.5. The Morgan fingerprint density at radius 2 is 1.81 bits per heavy atom. The number of rotatable bonds is 11. The summed E-state index contributed by atoms with van der Waals surface area (Å²) in [6.45, 7) is 5.69. The summed E-state index contributed by atoms with van der Waals surface area (Å²) in [5, 5.41) is 10.4. The summed E-state index contributed by atoms with van der Waals surface area (Å²) in [5.41, 5.74) is 2.61. The van der Waals surface area contributed by atoms with Gasteiger partial charge in [-0.15, -0.1) is 0 Å². The van der Waals surface area contributed by atoms with Gasteiger partial charge < -0.3 is 14.6 Å². The van der Waals surface area contributed by atoms with E-state index in [4.69, 9.17) is 9.47 Å². The van der Waals surface area contributed by atoms with Crippen LogP contribution in [0.3, 0.4) is 0 Å². The van der Waals surface area contributed by atoms with Gasteiger partial charge >= 0.3 is 0 Å². The monoisotopic (exact) mass is 360 g/mol. The Labute approximate surface area is 157 Å². The molecular weight excluding hydrogens is 328 g/mol. The van der Waals surface area contributed by atoms with Crippen LogP contribution in [-0.2, 0) is 20.7 Å². The maximum absolute atomic E-state index is 12.2. The third kappa shape index (κ3) is 7.04. The van der Waals surface area contributed by atoms with Gasteiger partial charge in [0.25, 0.3) is 0 Å². The number of ketones is 1. The Balaban J connectivity index is 2.62. The van der Waals surface area contributed by atoms with E-state index in [0.717, 1.165) is 12.8 Å². The van der Waals surface area contributed by atoms with Crippen LogP contribution in [0.4, 0.5) is 0 Å². The summed E-state index contributed by atoms with van der Waals surface area (Å²) < 4.78 is 10.5. The molecule has 0 amide bonds. The normalized spacial score (nSPS) is 14.0. The van der Waals surface area contributed by atoms with E-state index >= 15 is 0 Å². The first-order chi connectivity index (χ1) is 12.4. The highest BCUT2D eigenvalue weighted by Crippen LogP contribution is 2.20. The summed E-state index contributed by atoms with van der Waals surface area (Å²) >= 11 is 0. The number of benzene rings is 1. The predicted octanol–water partition coefficient (Wildman–Crippen LogP) is 4.44. The molecular formula is C22H32O4. The molecule has 1 atom stereocenters. The molecule has 0 aliphatic carbocycles.